The summed E-state index contributed by atoms with van der Waals surface area (Å²) < 4.78 is 62.1. The van der Waals surface area contributed by atoms with E-state index in [0.717, 1.165) is 4.90 Å². The van der Waals surface area contributed by atoms with Gasteiger partial charge in [0, 0.05) is 13.1 Å². The number of alkyl halides is 4. The Morgan fingerprint density at radius 1 is 1.27 bits per heavy atom. The number of halogens is 5. The zero-order chi connectivity index (χ0) is 11.6. The van der Waals surface area contributed by atoms with Crippen LogP contribution >= 0.6 is 0 Å². The number of likely N-dealkylation sites (tertiary alicyclic amines) is 1. The van der Waals surface area contributed by atoms with Crippen molar-refractivity contribution in [2.24, 2.45) is 5.92 Å². The van der Waals surface area contributed by atoms with E-state index in [9.17, 15) is 22.0 Å². The van der Waals surface area contributed by atoms with Gasteiger partial charge in [-0.05, 0) is 12.8 Å². The van der Waals surface area contributed by atoms with Gasteiger partial charge in [0.2, 0.25) is 6.30 Å². The Morgan fingerprint density at radius 3 is 2.07 bits per heavy atom. The maximum absolute atomic E-state index is 13.0. The Hall–Kier alpha value is -0.650. The molecule has 0 aromatic rings. The molecule has 0 spiro atoms. The highest BCUT2D eigenvalue weighted by Crippen LogP contribution is 2.35. The maximum atomic E-state index is 13.0. The van der Waals surface area contributed by atoms with E-state index in [-0.39, 0.29) is 25.9 Å². The monoisotopic (exact) mass is 229 g/mol. The number of piperidine rings is 1. The van der Waals surface area contributed by atoms with Crippen molar-refractivity contribution >= 4 is 0 Å². The van der Waals surface area contributed by atoms with Crippen LogP contribution in [0.2, 0.25) is 0 Å². The molecule has 1 heterocycles. The van der Waals surface area contributed by atoms with E-state index in [1.54, 1.807) is 0 Å². The van der Waals surface area contributed by atoms with Crippen LogP contribution in [0.25, 0.3) is 0 Å². The molecule has 15 heavy (non-hydrogen) atoms. The third-order valence-corrected chi connectivity index (χ3v) is 2.57. The second kappa shape index (κ2) is 4.47. The standard InChI is InChI=1S/C9H12F5N/c1-6(10)8(11)15-4-2-7(3-5-15)9(12,13)14/h7-8H,1-5H2. The lowest BCUT2D eigenvalue weighted by atomic mass is 9.96. The molecule has 1 atom stereocenters. The van der Waals surface area contributed by atoms with Gasteiger partial charge in [-0.15, -0.1) is 0 Å². The summed E-state index contributed by atoms with van der Waals surface area (Å²) in [6, 6.07) is 0. The zero-order valence-corrected chi connectivity index (χ0v) is 8.03. The van der Waals surface area contributed by atoms with Crippen molar-refractivity contribution < 1.29 is 22.0 Å². The Morgan fingerprint density at radius 2 is 1.73 bits per heavy atom. The highest BCUT2D eigenvalue weighted by Gasteiger charge is 2.42. The molecule has 0 saturated carbocycles. The van der Waals surface area contributed by atoms with Gasteiger partial charge in [0.1, 0.15) is 5.83 Å². The third kappa shape index (κ3) is 3.15. The quantitative estimate of drug-likeness (QED) is 0.519. The van der Waals surface area contributed by atoms with E-state index in [4.69, 9.17) is 0 Å². The molecule has 0 aromatic carbocycles. The first-order valence-electron chi connectivity index (χ1n) is 4.61. The number of hydrogen-bond donors (Lipinski definition) is 0. The summed E-state index contributed by atoms with van der Waals surface area (Å²) in [5, 5.41) is 0. The van der Waals surface area contributed by atoms with Crippen LogP contribution in [0.1, 0.15) is 12.8 Å². The average Bonchev–Trinajstić information content (AvgIpc) is 2.15. The molecule has 0 radical (unpaired) electrons. The Bertz CT molecular complexity index is 229. The van der Waals surface area contributed by atoms with E-state index in [2.05, 4.69) is 6.58 Å². The highest BCUT2D eigenvalue weighted by atomic mass is 19.4. The lowest BCUT2D eigenvalue weighted by molar-refractivity contribution is -0.187. The van der Waals surface area contributed by atoms with Crippen LogP contribution in [-0.4, -0.2) is 30.5 Å². The SMILES string of the molecule is C=C(F)C(F)N1CCC(C(F)(F)F)CC1. The molecule has 0 amide bonds. The second-order valence-corrected chi connectivity index (χ2v) is 3.63. The molecule has 6 heteroatoms. The van der Waals surface area contributed by atoms with Gasteiger partial charge in [-0.2, -0.15) is 13.2 Å². The Balaban J connectivity index is 2.46. The predicted molar refractivity (Wildman–Crippen MR) is 45.5 cm³/mol. The fourth-order valence-corrected chi connectivity index (χ4v) is 1.65. The van der Waals surface area contributed by atoms with Crippen LogP contribution in [0, 0.1) is 5.92 Å². The fourth-order valence-electron chi connectivity index (χ4n) is 1.65. The first kappa shape index (κ1) is 12.4. The first-order chi connectivity index (χ1) is 6.82. The van der Waals surface area contributed by atoms with E-state index in [1.165, 1.54) is 0 Å². The van der Waals surface area contributed by atoms with Crippen molar-refractivity contribution in [3.05, 3.63) is 12.4 Å². The molecule has 0 bridgehead atoms. The van der Waals surface area contributed by atoms with E-state index in [0.29, 0.717) is 0 Å². The Labute approximate surface area is 84.6 Å². The maximum Gasteiger partial charge on any atom is 0.391 e. The second-order valence-electron chi connectivity index (χ2n) is 3.63. The predicted octanol–water partition coefficient (Wildman–Crippen LogP) is 3.04. The largest absolute Gasteiger partial charge is 0.391 e. The highest BCUT2D eigenvalue weighted by molar-refractivity contribution is 4.92. The minimum absolute atomic E-state index is 0.0890. The molecule has 0 aliphatic carbocycles. The van der Waals surface area contributed by atoms with Crippen molar-refractivity contribution in [3.63, 3.8) is 0 Å². The molecule has 1 fully saturated rings. The number of rotatable bonds is 2. The Kier molecular flexibility index (Phi) is 3.70. The van der Waals surface area contributed by atoms with Gasteiger partial charge in [0.15, 0.2) is 0 Å². The van der Waals surface area contributed by atoms with Gasteiger partial charge in [-0.1, -0.05) is 6.58 Å². The molecule has 1 aliphatic heterocycles. The van der Waals surface area contributed by atoms with Crippen molar-refractivity contribution in [2.75, 3.05) is 13.1 Å². The summed E-state index contributed by atoms with van der Waals surface area (Å²) in [5.41, 5.74) is 0. The van der Waals surface area contributed by atoms with Gasteiger partial charge >= 0.3 is 6.18 Å². The van der Waals surface area contributed by atoms with Crippen molar-refractivity contribution in [3.8, 4) is 0 Å². The summed E-state index contributed by atoms with van der Waals surface area (Å²) in [7, 11) is 0. The van der Waals surface area contributed by atoms with Crippen LogP contribution in [-0.2, 0) is 0 Å². The lowest BCUT2D eigenvalue weighted by Gasteiger charge is -2.33. The number of hydrogen-bond acceptors (Lipinski definition) is 1. The summed E-state index contributed by atoms with van der Waals surface area (Å²) >= 11 is 0. The van der Waals surface area contributed by atoms with Crippen molar-refractivity contribution in [1.29, 1.82) is 0 Å². The third-order valence-electron chi connectivity index (χ3n) is 2.57. The molecule has 1 rings (SSSR count). The average molecular weight is 229 g/mol. The summed E-state index contributed by atoms with van der Waals surface area (Å²) in [6.07, 6.45) is -6.57. The molecule has 1 unspecified atom stereocenters. The molecule has 1 aliphatic rings. The van der Waals surface area contributed by atoms with Gasteiger partial charge < -0.3 is 0 Å². The molecule has 88 valence electrons. The molecular formula is C9H12F5N. The van der Waals surface area contributed by atoms with Crippen LogP contribution in [0.5, 0.6) is 0 Å². The summed E-state index contributed by atoms with van der Waals surface area (Å²) in [5.74, 6) is -2.55. The first-order valence-corrected chi connectivity index (χ1v) is 4.61. The van der Waals surface area contributed by atoms with Crippen molar-refractivity contribution in [1.82, 2.24) is 4.90 Å². The smallest absolute Gasteiger partial charge is 0.268 e. The zero-order valence-electron chi connectivity index (χ0n) is 8.03. The normalized spacial score (nSPS) is 22.7. The van der Waals surface area contributed by atoms with Crippen molar-refractivity contribution in [2.45, 2.75) is 25.3 Å². The van der Waals surface area contributed by atoms with E-state index < -0.39 is 24.2 Å². The minimum atomic E-state index is -4.23. The van der Waals surface area contributed by atoms with Crippen LogP contribution in [0.15, 0.2) is 12.4 Å². The van der Waals surface area contributed by atoms with Gasteiger partial charge in [-0.25, -0.2) is 8.78 Å². The van der Waals surface area contributed by atoms with Crippen LogP contribution in [0.4, 0.5) is 22.0 Å². The molecular weight excluding hydrogens is 217 g/mol. The topological polar surface area (TPSA) is 3.24 Å². The summed E-state index contributed by atoms with van der Waals surface area (Å²) in [6.45, 7) is 2.61. The van der Waals surface area contributed by atoms with Gasteiger partial charge in [-0.3, -0.25) is 4.90 Å². The van der Waals surface area contributed by atoms with Crippen LogP contribution < -0.4 is 0 Å². The molecule has 1 nitrogen and oxygen atoms in total. The lowest BCUT2D eigenvalue weighted by Crippen LogP contribution is -2.42. The van der Waals surface area contributed by atoms with Gasteiger partial charge in [0.05, 0.1) is 5.92 Å². The molecule has 0 N–H and O–H groups in total. The van der Waals surface area contributed by atoms with Gasteiger partial charge in [0.25, 0.3) is 0 Å². The molecule has 1 saturated heterocycles. The number of nitrogens with zero attached hydrogens (tertiary/aromatic N) is 1. The molecule has 0 aromatic heterocycles. The van der Waals surface area contributed by atoms with E-state index >= 15 is 0 Å². The van der Waals surface area contributed by atoms with E-state index in [1.807, 2.05) is 0 Å². The fraction of sp³-hybridized carbons (Fsp3) is 0.778. The minimum Gasteiger partial charge on any atom is -0.268 e. The van der Waals surface area contributed by atoms with Crippen LogP contribution in [0.3, 0.4) is 0 Å². The summed E-state index contributed by atoms with van der Waals surface area (Å²) in [4.78, 5) is 1.03.